The minimum Gasteiger partial charge on any atom is -0.494 e. The summed E-state index contributed by atoms with van der Waals surface area (Å²) in [6.07, 6.45) is 1.36. The zero-order valence-corrected chi connectivity index (χ0v) is 21.5. The van der Waals surface area contributed by atoms with Crippen molar-refractivity contribution in [3.8, 4) is 5.75 Å². The number of carbonyl (C=O) groups excluding carboxylic acids is 4. The summed E-state index contributed by atoms with van der Waals surface area (Å²) in [5.41, 5.74) is -0.233. The Balaban J connectivity index is 1.52. The van der Waals surface area contributed by atoms with Gasteiger partial charge in [-0.2, -0.15) is 0 Å². The quantitative estimate of drug-likeness (QED) is 0.477. The number of amides is 3. The summed E-state index contributed by atoms with van der Waals surface area (Å²) in [6.45, 7) is 5.64. The molecule has 2 aliphatic heterocycles. The first-order valence-electron chi connectivity index (χ1n) is 12.7. The van der Waals surface area contributed by atoms with Crippen molar-refractivity contribution in [2.45, 2.75) is 76.9 Å². The molecule has 5 unspecified atom stereocenters. The van der Waals surface area contributed by atoms with Gasteiger partial charge in [-0.3, -0.25) is 19.2 Å². The predicted molar refractivity (Wildman–Crippen MR) is 129 cm³/mol. The lowest BCUT2D eigenvalue weighted by Gasteiger charge is -2.38. The Morgan fingerprint density at radius 2 is 2.00 bits per heavy atom. The minimum absolute atomic E-state index is 0.0120. The molecule has 4 rings (SSSR count). The predicted octanol–water partition coefficient (Wildman–Crippen LogP) is 1.76. The number of fused-ring (bicyclic) bond motifs is 2. The van der Waals surface area contributed by atoms with Gasteiger partial charge in [-0.15, -0.1) is 0 Å². The highest BCUT2D eigenvalue weighted by Crippen LogP contribution is 2.43. The van der Waals surface area contributed by atoms with Crippen LogP contribution in [0.3, 0.4) is 0 Å². The number of carbonyl (C=O) groups is 4. The van der Waals surface area contributed by atoms with Gasteiger partial charge in [0.1, 0.15) is 18.1 Å². The van der Waals surface area contributed by atoms with E-state index in [0.29, 0.717) is 13.0 Å². The van der Waals surface area contributed by atoms with Gasteiger partial charge in [-0.25, -0.2) is 4.39 Å². The molecule has 3 aliphatic rings. The van der Waals surface area contributed by atoms with E-state index in [9.17, 15) is 23.6 Å². The molecule has 202 valence electrons. The van der Waals surface area contributed by atoms with Gasteiger partial charge in [0, 0.05) is 12.6 Å². The van der Waals surface area contributed by atoms with Crippen LogP contribution in [-0.4, -0.2) is 72.8 Å². The maximum Gasteiger partial charge on any atom is 0.310 e. The molecule has 0 spiro atoms. The lowest BCUT2D eigenvalue weighted by atomic mass is 9.95. The van der Waals surface area contributed by atoms with Crippen LogP contribution in [0.2, 0.25) is 0 Å². The number of hydrogen-bond acceptors (Lipinski definition) is 7. The van der Waals surface area contributed by atoms with E-state index in [2.05, 4.69) is 10.6 Å². The molecule has 2 heterocycles. The first-order chi connectivity index (χ1) is 17.7. The molecule has 0 aromatic heterocycles. The molecule has 6 atom stereocenters. The molecule has 1 aliphatic carbocycles. The molecule has 11 heteroatoms. The number of piperidine rings is 1. The molecular weight excluding hydrogens is 485 g/mol. The summed E-state index contributed by atoms with van der Waals surface area (Å²) in [7, 11) is 1.30. The summed E-state index contributed by atoms with van der Waals surface area (Å²) in [4.78, 5) is 53.6. The van der Waals surface area contributed by atoms with Crippen LogP contribution >= 0.6 is 0 Å². The lowest BCUT2D eigenvalue weighted by Crippen LogP contribution is -2.60. The average Bonchev–Trinajstić information content (AvgIpc) is 3.57. The van der Waals surface area contributed by atoms with Crippen molar-refractivity contribution in [1.29, 1.82) is 0 Å². The molecule has 1 aromatic carbocycles. The fourth-order valence-corrected chi connectivity index (χ4v) is 5.62. The topological polar surface area (TPSA) is 123 Å². The van der Waals surface area contributed by atoms with Crippen molar-refractivity contribution in [2.75, 3.05) is 13.7 Å². The highest BCUT2D eigenvalue weighted by molar-refractivity contribution is 5.99. The van der Waals surface area contributed by atoms with E-state index in [-0.39, 0.29) is 47.4 Å². The second kappa shape index (κ2) is 11.0. The third-order valence-corrected chi connectivity index (χ3v) is 7.38. The van der Waals surface area contributed by atoms with Gasteiger partial charge in [0.2, 0.25) is 18.1 Å². The van der Waals surface area contributed by atoms with Crippen LogP contribution in [0.1, 0.15) is 56.8 Å². The van der Waals surface area contributed by atoms with E-state index < -0.39 is 42.1 Å². The Morgan fingerprint density at radius 1 is 1.24 bits per heavy atom. The number of halogens is 1. The summed E-state index contributed by atoms with van der Waals surface area (Å²) in [5, 5.41) is 5.54. The normalized spacial score (nSPS) is 27.2. The number of ether oxygens (including phenoxy) is 3. The largest absolute Gasteiger partial charge is 0.494 e. The molecule has 0 radical (unpaired) electrons. The van der Waals surface area contributed by atoms with Crippen LogP contribution in [-0.2, 0) is 23.9 Å². The summed E-state index contributed by atoms with van der Waals surface area (Å²) in [6, 6.07) is 1.73. The molecule has 3 fully saturated rings. The molecule has 3 amide bonds. The van der Waals surface area contributed by atoms with Gasteiger partial charge in [0.25, 0.3) is 5.91 Å². The van der Waals surface area contributed by atoms with Crippen LogP contribution in [0.4, 0.5) is 4.39 Å². The van der Waals surface area contributed by atoms with Gasteiger partial charge in [-0.1, -0.05) is 19.9 Å². The zero-order chi connectivity index (χ0) is 26.9. The number of hydrogen-bond donors (Lipinski definition) is 2. The van der Waals surface area contributed by atoms with E-state index >= 15 is 0 Å². The van der Waals surface area contributed by atoms with Crippen molar-refractivity contribution in [3.05, 3.63) is 29.6 Å². The lowest BCUT2D eigenvalue weighted by molar-refractivity contribution is -0.165. The van der Waals surface area contributed by atoms with Gasteiger partial charge in [0.05, 0.1) is 19.1 Å². The monoisotopic (exact) mass is 519 g/mol. The summed E-state index contributed by atoms with van der Waals surface area (Å²) >= 11 is 0. The molecule has 37 heavy (non-hydrogen) atoms. The number of esters is 1. The molecule has 1 aromatic rings. The van der Waals surface area contributed by atoms with Crippen molar-refractivity contribution >= 4 is 23.7 Å². The van der Waals surface area contributed by atoms with E-state index in [1.165, 1.54) is 25.3 Å². The number of cyclic esters (lactones) is 1. The molecule has 2 bridgehead atoms. The Morgan fingerprint density at radius 3 is 2.68 bits per heavy atom. The highest BCUT2D eigenvalue weighted by atomic mass is 19.1. The average molecular weight is 520 g/mol. The first kappa shape index (κ1) is 26.8. The number of methoxy groups -OCH3 is 1. The Kier molecular flexibility index (Phi) is 8.01. The number of nitrogens with zero attached hydrogens (tertiary/aromatic N) is 1. The van der Waals surface area contributed by atoms with Crippen molar-refractivity contribution in [1.82, 2.24) is 15.5 Å². The number of nitrogens with one attached hydrogen (secondary N) is 2. The molecule has 1 saturated carbocycles. The standard InChI is InChI=1S/C26H34FN3O7/c1-5-36-26-17(12-19(31)37-26)28-24(33)22-14-9-10-15(11-14)30(22)25(34)21(13(2)3)29-23(32)16-7-6-8-18(35-4)20(16)27/h6-8,13-15,17,21-22,26H,5,9-12H2,1-4H3,(H,28,33)(H,29,32)/t14?,15?,17?,21?,22-,26?/m0/s1. The Bertz CT molecular complexity index is 1060. The van der Waals surface area contributed by atoms with Crippen LogP contribution < -0.4 is 15.4 Å². The van der Waals surface area contributed by atoms with Crippen molar-refractivity contribution < 1.29 is 37.8 Å². The fraction of sp³-hybridized carbons (Fsp3) is 0.615. The number of likely N-dealkylation sites (tertiary alicyclic amines) is 1. The summed E-state index contributed by atoms with van der Waals surface area (Å²) < 4.78 is 30.3. The van der Waals surface area contributed by atoms with Crippen LogP contribution in [0.5, 0.6) is 5.75 Å². The second-order valence-corrected chi connectivity index (χ2v) is 10.1. The van der Waals surface area contributed by atoms with Crippen LogP contribution in [0.25, 0.3) is 0 Å². The fourth-order valence-electron chi connectivity index (χ4n) is 5.62. The summed E-state index contributed by atoms with van der Waals surface area (Å²) in [5.74, 6) is -3.21. The molecular formula is C26H34FN3O7. The number of benzene rings is 1. The van der Waals surface area contributed by atoms with Crippen LogP contribution in [0.15, 0.2) is 18.2 Å². The van der Waals surface area contributed by atoms with Crippen LogP contribution in [0, 0.1) is 17.7 Å². The highest BCUT2D eigenvalue weighted by Gasteiger charge is 2.53. The van der Waals surface area contributed by atoms with E-state index in [4.69, 9.17) is 14.2 Å². The first-order valence-corrected chi connectivity index (χ1v) is 12.7. The van der Waals surface area contributed by atoms with Crippen molar-refractivity contribution in [3.63, 3.8) is 0 Å². The zero-order valence-electron chi connectivity index (χ0n) is 21.5. The van der Waals surface area contributed by atoms with Gasteiger partial charge in [-0.05, 0) is 50.2 Å². The Hall–Kier alpha value is -3.21. The minimum atomic E-state index is -0.972. The van der Waals surface area contributed by atoms with E-state index in [1.54, 1.807) is 25.7 Å². The van der Waals surface area contributed by atoms with E-state index in [0.717, 1.165) is 12.8 Å². The third kappa shape index (κ3) is 5.27. The maximum atomic E-state index is 14.7. The van der Waals surface area contributed by atoms with Gasteiger partial charge >= 0.3 is 5.97 Å². The Labute approximate surface area is 215 Å². The van der Waals surface area contributed by atoms with Crippen molar-refractivity contribution in [2.24, 2.45) is 11.8 Å². The number of rotatable bonds is 9. The van der Waals surface area contributed by atoms with E-state index in [1.807, 2.05) is 0 Å². The smallest absolute Gasteiger partial charge is 0.310 e. The SMILES string of the molecule is CCOC1OC(=O)CC1NC(=O)[C@@H]1C2CCC(C2)N1C(=O)C(NC(=O)c1cccc(OC)c1F)C(C)C. The maximum absolute atomic E-state index is 14.7. The molecule has 2 N–H and O–H groups in total. The van der Waals surface area contributed by atoms with Gasteiger partial charge in [0.15, 0.2) is 11.6 Å². The molecule has 10 nitrogen and oxygen atoms in total. The second-order valence-electron chi connectivity index (χ2n) is 10.1. The third-order valence-electron chi connectivity index (χ3n) is 7.38. The van der Waals surface area contributed by atoms with Gasteiger partial charge < -0.3 is 29.7 Å². The molecule has 2 saturated heterocycles.